The van der Waals surface area contributed by atoms with Crippen LogP contribution < -0.4 is 15.0 Å². The number of nitrogens with zero attached hydrogens (tertiary/aromatic N) is 1. The fourth-order valence-corrected chi connectivity index (χ4v) is 3.06. The van der Waals surface area contributed by atoms with Crippen molar-refractivity contribution in [2.75, 3.05) is 4.90 Å². The molecule has 130 valence electrons. The van der Waals surface area contributed by atoms with Crippen LogP contribution in [0, 0.1) is 0 Å². The Morgan fingerprint density at radius 3 is 2.56 bits per heavy atom. The molecule has 3 rings (SSSR count). The van der Waals surface area contributed by atoms with E-state index in [1.165, 1.54) is 6.92 Å². The smallest absolute Gasteiger partial charge is 0.254 e. The Bertz CT molecular complexity index is 801. The van der Waals surface area contributed by atoms with Gasteiger partial charge in [0, 0.05) is 23.7 Å². The fraction of sp³-hybridized carbons (Fsp3) is 0.300. The van der Waals surface area contributed by atoms with Gasteiger partial charge in [0.1, 0.15) is 11.8 Å². The average molecular weight is 338 g/mol. The number of nitrogens with one attached hydrogen (secondary N) is 1. The molecule has 0 aromatic heterocycles. The van der Waals surface area contributed by atoms with Gasteiger partial charge in [-0.05, 0) is 26.0 Å². The summed E-state index contributed by atoms with van der Waals surface area (Å²) < 4.78 is 5.86. The van der Waals surface area contributed by atoms with Crippen molar-refractivity contribution in [3.05, 3.63) is 59.7 Å². The molecule has 0 aliphatic carbocycles. The molecule has 1 atom stereocenters. The molecule has 1 aliphatic heterocycles. The number of hydrogen-bond donors (Lipinski definition) is 1. The highest BCUT2D eigenvalue weighted by atomic mass is 16.5. The minimum absolute atomic E-state index is 0.0508. The van der Waals surface area contributed by atoms with Gasteiger partial charge >= 0.3 is 0 Å². The second-order valence-electron chi connectivity index (χ2n) is 6.39. The first-order chi connectivity index (χ1) is 12.0. The van der Waals surface area contributed by atoms with Gasteiger partial charge in [0.25, 0.3) is 5.91 Å². The van der Waals surface area contributed by atoms with Gasteiger partial charge in [0.15, 0.2) is 0 Å². The maximum absolute atomic E-state index is 12.9. The van der Waals surface area contributed by atoms with E-state index in [2.05, 4.69) is 5.32 Å². The third-order valence-corrected chi connectivity index (χ3v) is 4.06. The minimum Gasteiger partial charge on any atom is -0.491 e. The SMILES string of the molecule is CC(=O)N[C@H]1C(=O)N(Cc2ccccc2OC(C)C)c2ccccc21. The summed E-state index contributed by atoms with van der Waals surface area (Å²) in [5.41, 5.74) is 2.58. The Morgan fingerprint density at radius 1 is 1.16 bits per heavy atom. The zero-order chi connectivity index (χ0) is 18.0. The summed E-state index contributed by atoms with van der Waals surface area (Å²) in [6.07, 6.45) is 0.0508. The lowest BCUT2D eigenvalue weighted by Crippen LogP contribution is -2.36. The van der Waals surface area contributed by atoms with Crippen molar-refractivity contribution >= 4 is 17.5 Å². The van der Waals surface area contributed by atoms with Crippen LogP contribution in [0.5, 0.6) is 5.75 Å². The van der Waals surface area contributed by atoms with Crippen LogP contribution in [0.25, 0.3) is 0 Å². The molecule has 0 unspecified atom stereocenters. The van der Waals surface area contributed by atoms with Gasteiger partial charge in [0.05, 0.1) is 12.6 Å². The van der Waals surface area contributed by atoms with Crippen LogP contribution in [-0.4, -0.2) is 17.9 Å². The molecular weight excluding hydrogens is 316 g/mol. The molecule has 1 N–H and O–H groups in total. The first-order valence-electron chi connectivity index (χ1n) is 8.39. The van der Waals surface area contributed by atoms with Gasteiger partial charge in [0.2, 0.25) is 5.91 Å². The van der Waals surface area contributed by atoms with E-state index in [0.717, 1.165) is 22.6 Å². The first kappa shape index (κ1) is 17.0. The lowest BCUT2D eigenvalue weighted by molar-refractivity contribution is -0.126. The third-order valence-electron chi connectivity index (χ3n) is 4.06. The Kier molecular flexibility index (Phi) is 4.74. The van der Waals surface area contributed by atoms with Crippen molar-refractivity contribution < 1.29 is 14.3 Å². The quantitative estimate of drug-likeness (QED) is 0.911. The van der Waals surface area contributed by atoms with Crippen LogP contribution in [0.1, 0.15) is 37.9 Å². The van der Waals surface area contributed by atoms with E-state index in [1.54, 1.807) is 4.90 Å². The minimum atomic E-state index is -0.633. The van der Waals surface area contributed by atoms with Gasteiger partial charge in [-0.15, -0.1) is 0 Å². The maximum atomic E-state index is 12.9. The fourth-order valence-electron chi connectivity index (χ4n) is 3.06. The van der Waals surface area contributed by atoms with Gasteiger partial charge in [-0.2, -0.15) is 0 Å². The monoisotopic (exact) mass is 338 g/mol. The maximum Gasteiger partial charge on any atom is 0.254 e. The number of ether oxygens (including phenoxy) is 1. The Morgan fingerprint density at radius 2 is 1.84 bits per heavy atom. The highest BCUT2D eigenvalue weighted by Gasteiger charge is 2.37. The van der Waals surface area contributed by atoms with Crippen LogP contribution >= 0.6 is 0 Å². The molecule has 5 heteroatoms. The second kappa shape index (κ2) is 6.97. The Balaban J connectivity index is 1.93. The summed E-state index contributed by atoms with van der Waals surface area (Å²) in [7, 11) is 0. The van der Waals surface area contributed by atoms with Crippen LogP contribution in [0.2, 0.25) is 0 Å². The first-order valence-corrected chi connectivity index (χ1v) is 8.39. The molecule has 0 radical (unpaired) electrons. The van der Waals surface area contributed by atoms with Crippen molar-refractivity contribution in [1.82, 2.24) is 5.32 Å². The number of rotatable bonds is 5. The molecule has 0 bridgehead atoms. The van der Waals surface area contributed by atoms with E-state index in [4.69, 9.17) is 4.74 Å². The van der Waals surface area contributed by atoms with E-state index in [1.807, 2.05) is 62.4 Å². The molecule has 0 spiro atoms. The summed E-state index contributed by atoms with van der Waals surface area (Å²) in [5, 5.41) is 2.75. The summed E-state index contributed by atoms with van der Waals surface area (Å²) in [4.78, 5) is 26.1. The van der Waals surface area contributed by atoms with Crippen LogP contribution in [0.4, 0.5) is 5.69 Å². The largest absolute Gasteiger partial charge is 0.491 e. The number of amides is 2. The molecule has 0 saturated heterocycles. The zero-order valence-electron chi connectivity index (χ0n) is 14.7. The molecule has 1 heterocycles. The number of hydrogen-bond acceptors (Lipinski definition) is 3. The highest BCUT2D eigenvalue weighted by Crippen LogP contribution is 2.37. The van der Waals surface area contributed by atoms with Crippen molar-refractivity contribution in [2.24, 2.45) is 0 Å². The van der Waals surface area contributed by atoms with Gasteiger partial charge in [-0.3, -0.25) is 9.59 Å². The lowest BCUT2D eigenvalue weighted by atomic mass is 10.1. The van der Waals surface area contributed by atoms with E-state index in [-0.39, 0.29) is 17.9 Å². The van der Waals surface area contributed by atoms with Crippen molar-refractivity contribution in [2.45, 2.75) is 39.5 Å². The molecule has 2 aromatic rings. The number of carbonyl (C=O) groups is 2. The molecular formula is C20H22N2O3. The van der Waals surface area contributed by atoms with Crippen molar-refractivity contribution in [1.29, 1.82) is 0 Å². The normalized spacial score (nSPS) is 16.1. The van der Waals surface area contributed by atoms with Crippen molar-refractivity contribution in [3.63, 3.8) is 0 Å². The van der Waals surface area contributed by atoms with E-state index in [9.17, 15) is 9.59 Å². The third kappa shape index (κ3) is 3.50. The second-order valence-corrected chi connectivity index (χ2v) is 6.39. The predicted molar refractivity (Wildman–Crippen MR) is 96.4 cm³/mol. The van der Waals surface area contributed by atoms with E-state index in [0.29, 0.717) is 6.54 Å². The molecule has 2 aromatic carbocycles. The Hall–Kier alpha value is -2.82. The van der Waals surface area contributed by atoms with Gasteiger partial charge < -0.3 is 15.0 Å². The van der Waals surface area contributed by atoms with Crippen LogP contribution in [-0.2, 0) is 16.1 Å². The molecule has 5 nitrogen and oxygen atoms in total. The van der Waals surface area contributed by atoms with Gasteiger partial charge in [-0.1, -0.05) is 36.4 Å². The number of fused-ring (bicyclic) bond motifs is 1. The molecule has 0 fully saturated rings. The summed E-state index contributed by atoms with van der Waals surface area (Å²) >= 11 is 0. The summed E-state index contributed by atoms with van der Waals surface area (Å²) in [6.45, 7) is 5.76. The van der Waals surface area contributed by atoms with Crippen LogP contribution in [0.15, 0.2) is 48.5 Å². The average Bonchev–Trinajstić information content (AvgIpc) is 2.82. The highest BCUT2D eigenvalue weighted by molar-refractivity contribution is 6.06. The Labute approximate surface area is 147 Å². The molecule has 1 aliphatic rings. The molecule has 2 amide bonds. The standard InChI is InChI=1S/C20H22N2O3/c1-13(2)25-18-11-7-4-8-15(18)12-22-17-10-6-5-9-16(17)19(20(22)24)21-14(3)23/h4-11,13,19H,12H2,1-3H3,(H,21,23)/t19-/m1/s1. The van der Waals surface area contributed by atoms with E-state index >= 15 is 0 Å². The molecule has 25 heavy (non-hydrogen) atoms. The number of benzene rings is 2. The van der Waals surface area contributed by atoms with Gasteiger partial charge in [-0.25, -0.2) is 0 Å². The number of anilines is 1. The number of para-hydroxylation sites is 2. The van der Waals surface area contributed by atoms with E-state index < -0.39 is 6.04 Å². The lowest BCUT2D eigenvalue weighted by Gasteiger charge is -2.21. The summed E-state index contributed by atoms with van der Waals surface area (Å²) in [6, 6.07) is 14.6. The summed E-state index contributed by atoms with van der Waals surface area (Å²) in [5.74, 6) is 0.417. The topological polar surface area (TPSA) is 58.6 Å². The number of carbonyl (C=O) groups excluding carboxylic acids is 2. The van der Waals surface area contributed by atoms with Crippen LogP contribution in [0.3, 0.4) is 0 Å². The zero-order valence-corrected chi connectivity index (χ0v) is 14.7. The van der Waals surface area contributed by atoms with Crippen molar-refractivity contribution in [3.8, 4) is 5.75 Å². The molecule has 0 saturated carbocycles. The predicted octanol–water partition coefficient (Wildman–Crippen LogP) is 3.20.